The summed E-state index contributed by atoms with van der Waals surface area (Å²) >= 11 is 5.97. The van der Waals surface area contributed by atoms with Gasteiger partial charge in [0.25, 0.3) is 5.79 Å². The minimum Gasteiger partial charge on any atom is -0.444 e. The Balaban J connectivity index is 1.08. The van der Waals surface area contributed by atoms with Gasteiger partial charge in [-0.2, -0.15) is 5.26 Å². The largest absolute Gasteiger partial charge is 0.444 e. The van der Waals surface area contributed by atoms with Crippen molar-refractivity contribution in [1.29, 1.82) is 5.26 Å². The minimum atomic E-state index is -1.27. The van der Waals surface area contributed by atoms with E-state index in [0.717, 1.165) is 67.9 Å². The third-order valence-corrected chi connectivity index (χ3v) is 8.67. The molecular weight excluding hydrogens is 545 g/mol. The lowest BCUT2D eigenvalue weighted by Gasteiger charge is -2.33. The number of nitriles is 1. The molecule has 2 aromatic heterocycles. The van der Waals surface area contributed by atoms with Crippen molar-refractivity contribution in [2.24, 2.45) is 0 Å². The maximum atomic E-state index is 14.8. The lowest BCUT2D eigenvalue weighted by atomic mass is 9.88. The van der Waals surface area contributed by atoms with E-state index in [2.05, 4.69) is 26.6 Å². The van der Waals surface area contributed by atoms with Gasteiger partial charge in [-0.1, -0.05) is 23.7 Å². The van der Waals surface area contributed by atoms with Gasteiger partial charge in [-0.3, -0.25) is 4.90 Å². The number of benzene rings is 2. The number of ether oxygens (including phenoxy) is 3. The molecule has 210 valence electrons. The maximum Gasteiger partial charge on any atom is 0.278 e. The zero-order valence-electron chi connectivity index (χ0n) is 22.6. The van der Waals surface area contributed by atoms with Gasteiger partial charge in [-0.25, -0.2) is 14.4 Å². The maximum absolute atomic E-state index is 14.8. The van der Waals surface area contributed by atoms with Gasteiger partial charge in [0.15, 0.2) is 11.5 Å². The van der Waals surface area contributed by atoms with Crippen molar-refractivity contribution in [2.75, 3.05) is 19.7 Å². The number of imidazole rings is 1. The molecule has 41 heavy (non-hydrogen) atoms. The first-order chi connectivity index (χ1) is 19.9. The van der Waals surface area contributed by atoms with Crippen molar-refractivity contribution < 1.29 is 18.6 Å². The van der Waals surface area contributed by atoms with E-state index in [-0.39, 0.29) is 12.0 Å². The minimum absolute atomic E-state index is 0.182. The van der Waals surface area contributed by atoms with Crippen molar-refractivity contribution >= 4 is 22.6 Å². The highest BCUT2D eigenvalue weighted by atomic mass is 35.5. The SMILES string of the molecule is CC1(c2ccc(Cl)cc2F)Oc2cccc(C3CCN(Cc4nc5cc(C#N)ncc5n4C[C@@H]4CCO4)CC3)c2O1. The smallest absolute Gasteiger partial charge is 0.278 e. The van der Waals surface area contributed by atoms with E-state index >= 15 is 0 Å². The first-order valence-corrected chi connectivity index (χ1v) is 14.3. The van der Waals surface area contributed by atoms with Crippen LogP contribution in [0.3, 0.4) is 0 Å². The summed E-state index contributed by atoms with van der Waals surface area (Å²) in [6, 6.07) is 14.3. The molecule has 0 N–H and O–H groups in total. The zero-order chi connectivity index (χ0) is 28.1. The lowest BCUT2D eigenvalue weighted by Crippen LogP contribution is -2.35. The molecule has 8 nitrogen and oxygen atoms in total. The predicted molar refractivity (Wildman–Crippen MR) is 150 cm³/mol. The van der Waals surface area contributed by atoms with E-state index in [1.54, 1.807) is 31.3 Å². The topological polar surface area (TPSA) is 85.4 Å². The summed E-state index contributed by atoms with van der Waals surface area (Å²) in [6.45, 7) is 5.75. The molecule has 2 saturated heterocycles. The van der Waals surface area contributed by atoms with Gasteiger partial charge >= 0.3 is 0 Å². The molecule has 3 aliphatic heterocycles. The molecule has 3 aliphatic rings. The highest BCUT2D eigenvalue weighted by molar-refractivity contribution is 6.30. The van der Waals surface area contributed by atoms with Crippen LogP contribution in [0.5, 0.6) is 11.5 Å². The molecule has 2 fully saturated rings. The van der Waals surface area contributed by atoms with Gasteiger partial charge in [-0.05, 0) is 62.5 Å². The Morgan fingerprint density at radius 3 is 2.71 bits per heavy atom. The second-order valence-electron chi connectivity index (χ2n) is 11.1. The highest BCUT2D eigenvalue weighted by Gasteiger charge is 2.43. The number of hydrogen-bond donors (Lipinski definition) is 0. The summed E-state index contributed by atoms with van der Waals surface area (Å²) < 4.78 is 35.2. The third-order valence-electron chi connectivity index (χ3n) is 8.43. The van der Waals surface area contributed by atoms with Crippen LogP contribution in [-0.4, -0.2) is 45.2 Å². The van der Waals surface area contributed by atoms with Gasteiger partial charge in [0.05, 0.1) is 42.0 Å². The number of para-hydroxylation sites is 1. The molecule has 4 aromatic rings. The number of hydrogen-bond acceptors (Lipinski definition) is 7. The summed E-state index contributed by atoms with van der Waals surface area (Å²) in [6.07, 6.45) is 4.85. The van der Waals surface area contributed by atoms with Crippen LogP contribution in [0.15, 0.2) is 48.7 Å². The Labute approximate surface area is 242 Å². The van der Waals surface area contributed by atoms with Crippen molar-refractivity contribution in [1.82, 2.24) is 19.4 Å². The Bertz CT molecular complexity index is 1670. The number of nitrogens with zero attached hydrogens (tertiary/aromatic N) is 5. The van der Waals surface area contributed by atoms with Gasteiger partial charge in [0, 0.05) is 30.2 Å². The van der Waals surface area contributed by atoms with Crippen molar-refractivity contribution in [2.45, 2.75) is 57.1 Å². The number of piperidine rings is 1. The summed E-state index contributed by atoms with van der Waals surface area (Å²) in [7, 11) is 0. The molecule has 2 atom stereocenters. The molecule has 7 rings (SSSR count). The first-order valence-electron chi connectivity index (χ1n) is 14.0. The van der Waals surface area contributed by atoms with Crippen molar-refractivity contribution in [3.63, 3.8) is 0 Å². The number of pyridine rings is 1. The van der Waals surface area contributed by atoms with Crippen LogP contribution in [0, 0.1) is 17.1 Å². The van der Waals surface area contributed by atoms with E-state index in [4.69, 9.17) is 30.8 Å². The number of rotatable bonds is 6. The van der Waals surface area contributed by atoms with Crippen molar-refractivity contribution in [3.8, 4) is 17.6 Å². The summed E-state index contributed by atoms with van der Waals surface area (Å²) in [4.78, 5) is 11.6. The second kappa shape index (κ2) is 10.3. The standard InChI is InChI=1S/C31H29ClFN5O3/c1-31(24-6-5-20(32)13-25(24)33)40-28-4-2-3-23(30(28)41-31)19-7-10-37(11-8-19)18-29-36-26-14-21(15-34)35-16-27(26)38(29)17-22-9-12-39-22/h2-6,13-14,16,19,22H,7-12,17-18H2,1H3/t22-,31?/m0/s1. The Morgan fingerprint density at radius 2 is 1.98 bits per heavy atom. The quantitative estimate of drug-likeness (QED) is 0.283. The summed E-state index contributed by atoms with van der Waals surface area (Å²) in [5.41, 5.74) is 3.49. The van der Waals surface area contributed by atoms with Crippen LogP contribution in [0.2, 0.25) is 5.02 Å². The molecule has 0 radical (unpaired) electrons. The van der Waals surface area contributed by atoms with E-state index in [9.17, 15) is 9.65 Å². The van der Waals surface area contributed by atoms with E-state index < -0.39 is 11.6 Å². The Hall–Kier alpha value is -3.71. The number of likely N-dealkylation sites (tertiary alicyclic amines) is 1. The molecule has 1 unspecified atom stereocenters. The first kappa shape index (κ1) is 26.2. The molecule has 2 aromatic carbocycles. The average molecular weight is 574 g/mol. The van der Waals surface area contributed by atoms with Gasteiger partial charge in [-0.15, -0.1) is 0 Å². The van der Waals surface area contributed by atoms with Crippen LogP contribution < -0.4 is 9.47 Å². The Morgan fingerprint density at radius 1 is 1.15 bits per heavy atom. The van der Waals surface area contributed by atoms with Crippen LogP contribution in [0.1, 0.15) is 54.7 Å². The molecule has 10 heteroatoms. The van der Waals surface area contributed by atoms with Crippen LogP contribution >= 0.6 is 11.6 Å². The number of fused-ring (bicyclic) bond motifs is 2. The van der Waals surface area contributed by atoms with Gasteiger partial charge < -0.3 is 18.8 Å². The third kappa shape index (κ3) is 4.80. The highest BCUT2D eigenvalue weighted by Crippen LogP contribution is 2.49. The molecule has 0 amide bonds. The Kier molecular flexibility index (Phi) is 6.57. The van der Waals surface area contributed by atoms with E-state index in [1.165, 1.54) is 6.07 Å². The molecular formula is C31H29ClFN5O3. The number of aromatic nitrogens is 3. The van der Waals surface area contributed by atoms with E-state index in [1.807, 2.05) is 12.1 Å². The lowest BCUT2D eigenvalue weighted by molar-refractivity contribution is -0.0712. The van der Waals surface area contributed by atoms with E-state index in [0.29, 0.717) is 34.3 Å². The fourth-order valence-electron chi connectivity index (χ4n) is 6.13. The fraction of sp³-hybridized carbons (Fsp3) is 0.387. The van der Waals surface area contributed by atoms with Gasteiger partial charge in [0.1, 0.15) is 23.4 Å². The average Bonchev–Trinajstić information content (AvgIpc) is 3.47. The normalized spacial score (nSPS) is 22.5. The van der Waals surface area contributed by atoms with Crippen LogP contribution in [0.4, 0.5) is 4.39 Å². The van der Waals surface area contributed by atoms with Gasteiger partial charge in [0.2, 0.25) is 0 Å². The molecule has 0 aliphatic carbocycles. The number of halogens is 2. The van der Waals surface area contributed by atoms with Crippen LogP contribution in [0.25, 0.3) is 11.0 Å². The summed E-state index contributed by atoms with van der Waals surface area (Å²) in [5, 5.41) is 9.63. The molecule has 0 saturated carbocycles. The zero-order valence-corrected chi connectivity index (χ0v) is 23.4. The van der Waals surface area contributed by atoms with Crippen molar-refractivity contribution in [3.05, 3.63) is 82.1 Å². The molecule has 0 spiro atoms. The molecule has 0 bridgehead atoms. The monoisotopic (exact) mass is 573 g/mol. The fourth-order valence-corrected chi connectivity index (χ4v) is 6.29. The predicted octanol–water partition coefficient (Wildman–Crippen LogP) is 5.91. The van der Waals surface area contributed by atoms with Crippen LogP contribution in [-0.2, 0) is 23.6 Å². The second-order valence-corrected chi connectivity index (χ2v) is 11.5. The molecule has 5 heterocycles. The summed E-state index contributed by atoms with van der Waals surface area (Å²) in [5.74, 6) is 0.829.